The van der Waals surface area contributed by atoms with Gasteiger partial charge in [-0.15, -0.1) is 0 Å². The van der Waals surface area contributed by atoms with E-state index < -0.39 is 0 Å². The largest absolute Gasteiger partial charge is 0.0622 e. The first-order chi connectivity index (χ1) is 27.8. The summed E-state index contributed by atoms with van der Waals surface area (Å²) in [6.45, 7) is 0. The van der Waals surface area contributed by atoms with Gasteiger partial charge in [0.1, 0.15) is 0 Å². The molecule has 0 N–H and O–H groups in total. The Kier molecular flexibility index (Phi) is 6.73. The Morgan fingerprint density at radius 1 is 0.179 bits per heavy atom. The van der Waals surface area contributed by atoms with Crippen LogP contribution in [-0.2, 0) is 0 Å². The molecule has 0 bridgehead atoms. The predicted octanol–water partition coefficient (Wildman–Crippen LogP) is 15.9. The van der Waals surface area contributed by atoms with E-state index in [1.54, 1.807) is 0 Å². The highest BCUT2D eigenvalue weighted by atomic mass is 14.3. The van der Waals surface area contributed by atoms with Gasteiger partial charge in [-0.3, -0.25) is 0 Å². The first kappa shape index (κ1) is 31.1. The van der Waals surface area contributed by atoms with E-state index in [-0.39, 0.29) is 0 Å². The first-order valence-corrected chi connectivity index (χ1v) is 19.5. The molecule has 12 aromatic carbocycles. The third-order valence-corrected chi connectivity index (χ3v) is 12.2. The minimum absolute atomic E-state index is 1.22. The Bertz CT molecular complexity index is 3490. The minimum Gasteiger partial charge on any atom is -0.0622 e. The summed E-state index contributed by atoms with van der Waals surface area (Å²) < 4.78 is 0. The van der Waals surface area contributed by atoms with Crippen molar-refractivity contribution in [3.05, 3.63) is 206 Å². The molecule has 0 aliphatic carbocycles. The predicted molar refractivity (Wildman–Crippen MR) is 242 cm³/mol. The van der Waals surface area contributed by atoms with E-state index >= 15 is 0 Å². The van der Waals surface area contributed by atoms with Gasteiger partial charge in [0.05, 0.1) is 0 Å². The molecule has 0 amide bonds. The average molecular weight is 707 g/mol. The van der Waals surface area contributed by atoms with E-state index in [0.29, 0.717) is 0 Å². The Morgan fingerprint density at radius 3 is 1.05 bits per heavy atom. The molecule has 258 valence electrons. The lowest BCUT2D eigenvalue weighted by molar-refractivity contribution is 1.62. The van der Waals surface area contributed by atoms with Crippen LogP contribution in [0.3, 0.4) is 0 Å². The Labute approximate surface area is 324 Å². The highest BCUT2D eigenvalue weighted by Crippen LogP contribution is 2.53. The Hall–Kier alpha value is -7.28. The SMILES string of the molecule is c1ccc(-c2cc(-c3c4ccccc4c4c5c3cccc5c3cccc5c(-c6ccccc6)c6ccccc6c4c53)c(-c3ccccc3)c3ccccc23)cc1. The van der Waals surface area contributed by atoms with Crippen LogP contribution in [0.15, 0.2) is 206 Å². The number of benzene rings is 12. The number of hydrogen-bond acceptors (Lipinski definition) is 0. The summed E-state index contributed by atoms with van der Waals surface area (Å²) >= 11 is 0. The maximum Gasteiger partial charge on any atom is -0.000740 e. The van der Waals surface area contributed by atoms with Crippen LogP contribution in [0.4, 0.5) is 0 Å². The van der Waals surface area contributed by atoms with Gasteiger partial charge in [-0.05, 0) is 126 Å². The molecule has 0 aliphatic heterocycles. The fraction of sp³-hybridized carbons (Fsp3) is 0. The standard InChI is InChI=1S/C56H34/c1-4-18-35(19-5-1)48-34-49(51(37-22-8-3-9-23-37)39-25-11-10-24-38(39)48)52-41-27-13-15-29-45(41)56-54-43(31-17-33-47(52)54)42-30-16-32-46-50(36-20-6-2-7-21-36)40-26-12-14-28-44(40)55(56)53(42)46/h1-34H. The van der Waals surface area contributed by atoms with Crippen LogP contribution in [0.25, 0.3) is 120 Å². The van der Waals surface area contributed by atoms with Crippen LogP contribution >= 0.6 is 0 Å². The molecule has 12 rings (SSSR count). The average Bonchev–Trinajstić information content (AvgIpc) is 3.27. The van der Waals surface area contributed by atoms with E-state index in [0.717, 1.165) is 0 Å². The maximum absolute atomic E-state index is 2.48. The molecule has 0 fully saturated rings. The van der Waals surface area contributed by atoms with Crippen molar-refractivity contribution in [1.29, 1.82) is 0 Å². The highest BCUT2D eigenvalue weighted by Gasteiger charge is 2.25. The smallest absolute Gasteiger partial charge is 0.000740 e. The highest BCUT2D eigenvalue weighted by molar-refractivity contribution is 6.45. The molecule has 0 saturated heterocycles. The van der Waals surface area contributed by atoms with Gasteiger partial charge >= 0.3 is 0 Å². The van der Waals surface area contributed by atoms with E-state index in [2.05, 4.69) is 206 Å². The molecule has 0 radical (unpaired) electrons. The van der Waals surface area contributed by atoms with Gasteiger partial charge in [0, 0.05) is 0 Å². The Balaban J connectivity index is 1.34. The van der Waals surface area contributed by atoms with E-state index in [4.69, 9.17) is 0 Å². The monoisotopic (exact) mass is 706 g/mol. The van der Waals surface area contributed by atoms with Crippen molar-refractivity contribution in [2.75, 3.05) is 0 Å². The van der Waals surface area contributed by atoms with Crippen molar-refractivity contribution in [3.63, 3.8) is 0 Å². The molecule has 0 heterocycles. The van der Waals surface area contributed by atoms with Crippen LogP contribution < -0.4 is 0 Å². The van der Waals surface area contributed by atoms with Gasteiger partial charge in [0.2, 0.25) is 0 Å². The van der Waals surface area contributed by atoms with Crippen molar-refractivity contribution in [1.82, 2.24) is 0 Å². The Morgan fingerprint density at radius 2 is 0.518 bits per heavy atom. The van der Waals surface area contributed by atoms with E-state index in [1.165, 1.54) is 120 Å². The van der Waals surface area contributed by atoms with Gasteiger partial charge in [-0.1, -0.05) is 200 Å². The molecule has 0 spiro atoms. The lowest BCUT2D eigenvalue weighted by atomic mass is 9.78. The zero-order chi connectivity index (χ0) is 36.7. The molecule has 0 aromatic heterocycles. The third-order valence-electron chi connectivity index (χ3n) is 12.2. The molecule has 0 saturated carbocycles. The summed E-state index contributed by atoms with van der Waals surface area (Å²) in [7, 11) is 0. The normalized spacial score (nSPS) is 11.9. The lowest BCUT2D eigenvalue weighted by Gasteiger charge is -2.24. The van der Waals surface area contributed by atoms with Crippen LogP contribution in [-0.4, -0.2) is 0 Å². The molecule has 0 nitrogen and oxygen atoms in total. The van der Waals surface area contributed by atoms with Crippen molar-refractivity contribution in [2.45, 2.75) is 0 Å². The van der Waals surface area contributed by atoms with Crippen LogP contribution in [0.1, 0.15) is 0 Å². The molecule has 0 atom stereocenters. The molecular formula is C56H34. The third kappa shape index (κ3) is 4.36. The van der Waals surface area contributed by atoms with Crippen molar-refractivity contribution in [3.8, 4) is 44.5 Å². The topological polar surface area (TPSA) is 0 Å². The first-order valence-electron chi connectivity index (χ1n) is 19.5. The minimum atomic E-state index is 1.22. The molecule has 0 unspecified atom stereocenters. The summed E-state index contributed by atoms with van der Waals surface area (Å²) in [5, 5.41) is 18.1. The van der Waals surface area contributed by atoms with Crippen LogP contribution in [0.5, 0.6) is 0 Å². The quantitative estimate of drug-likeness (QED) is 0.126. The summed E-state index contributed by atoms with van der Waals surface area (Å²) in [6, 6.07) is 76.5. The van der Waals surface area contributed by atoms with Crippen LogP contribution in [0, 0.1) is 0 Å². The molecular weight excluding hydrogens is 673 g/mol. The summed E-state index contributed by atoms with van der Waals surface area (Å²) in [5.74, 6) is 0. The maximum atomic E-state index is 2.48. The van der Waals surface area contributed by atoms with Gasteiger partial charge in [0.15, 0.2) is 0 Å². The zero-order valence-electron chi connectivity index (χ0n) is 30.6. The van der Waals surface area contributed by atoms with E-state index in [1.807, 2.05) is 0 Å². The summed E-state index contributed by atoms with van der Waals surface area (Å²) in [4.78, 5) is 0. The second kappa shape index (κ2) is 12.1. The lowest BCUT2D eigenvalue weighted by Crippen LogP contribution is -1.96. The second-order valence-corrected chi connectivity index (χ2v) is 15.0. The fourth-order valence-electron chi connectivity index (χ4n) is 9.98. The zero-order valence-corrected chi connectivity index (χ0v) is 30.6. The number of hydrogen-bond donors (Lipinski definition) is 0. The second-order valence-electron chi connectivity index (χ2n) is 15.0. The summed E-state index contributed by atoms with van der Waals surface area (Å²) in [5.41, 5.74) is 10.0. The van der Waals surface area contributed by atoms with E-state index in [9.17, 15) is 0 Å². The number of fused-ring (bicyclic) bond motifs is 7. The molecule has 56 heavy (non-hydrogen) atoms. The van der Waals surface area contributed by atoms with Crippen molar-refractivity contribution >= 4 is 75.4 Å². The van der Waals surface area contributed by atoms with Gasteiger partial charge in [-0.25, -0.2) is 0 Å². The fourth-order valence-corrected chi connectivity index (χ4v) is 9.98. The van der Waals surface area contributed by atoms with Crippen LogP contribution in [0.2, 0.25) is 0 Å². The molecule has 12 aromatic rings. The van der Waals surface area contributed by atoms with Gasteiger partial charge in [-0.2, -0.15) is 0 Å². The van der Waals surface area contributed by atoms with Gasteiger partial charge in [0.25, 0.3) is 0 Å². The molecule has 0 heteroatoms. The number of rotatable bonds is 4. The van der Waals surface area contributed by atoms with Gasteiger partial charge < -0.3 is 0 Å². The van der Waals surface area contributed by atoms with Crippen molar-refractivity contribution in [2.24, 2.45) is 0 Å². The molecule has 0 aliphatic rings. The van der Waals surface area contributed by atoms with Crippen molar-refractivity contribution < 1.29 is 0 Å². The summed E-state index contributed by atoms with van der Waals surface area (Å²) in [6.07, 6.45) is 0.